The normalized spacial score (nSPS) is 20.2. The van der Waals surface area contributed by atoms with E-state index >= 15 is 0 Å². The first kappa shape index (κ1) is 20.3. The molecule has 0 spiro atoms. The van der Waals surface area contributed by atoms with Crippen LogP contribution in [-0.2, 0) is 22.4 Å². The summed E-state index contributed by atoms with van der Waals surface area (Å²) in [5, 5.41) is 18.5. The lowest BCUT2D eigenvalue weighted by atomic mass is 9.76. The predicted octanol–water partition coefficient (Wildman–Crippen LogP) is 3.43. The SMILES string of the molecule is CC1(C)CCc2c(-c3cc4ccc(N(CCO)C(=O)C5CCOC5)cc4[nH]3)n[nH]c2C1. The van der Waals surface area contributed by atoms with Crippen molar-refractivity contribution in [1.82, 2.24) is 15.2 Å². The number of aromatic amines is 2. The molecule has 1 aromatic carbocycles. The van der Waals surface area contributed by atoms with Gasteiger partial charge in [0.2, 0.25) is 5.91 Å². The topological polar surface area (TPSA) is 94.2 Å². The molecule has 1 unspecified atom stereocenters. The van der Waals surface area contributed by atoms with Crippen LogP contribution in [0.1, 0.15) is 37.9 Å². The van der Waals surface area contributed by atoms with Crippen LogP contribution in [0.3, 0.4) is 0 Å². The number of nitrogens with zero attached hydrogens (tertiary/aromatic N) is 2. The number of hydrogen-bond acceptors (Lipinski definition) is 4. The molecule has 164 valence electrons. The molecule has 7 nitrogen and oxygen atoms in total. The Hall–Kier alpha value is -2.64. The van der Waals surface area contributed by atoms with Crippen LogP contribution in [0.25, 0.3) is 22.3 Å². The highest BCUT2D eigenvalue weighted by Crippen LogP contribution is 2.38. The van der Waals surface area contributed by atoms with Crippen LogP contribution in [-0.4, -0.2) is 52.6 Å². The number of rotatable bonds is 5. The zero-order valence-electron chi connectivity index (χ0n) is 18.2. The van der Waals surface area contributed by atoms with E-state index in [9.17, 15) is 9.90 Å². The maximum atomic E-state index is 13.0. The highest BCUT2D eigenvalue weighted by Gasteiger charge is 2.30. The van der Waals surface area contributed by atoms with Crippen LogP contribution >= 0.6 is 0 Å². The molecule has 2 aromatic heterocycles. The number of hydrogen-bond donors (Lipinski definition) is 3. The Morgan fingerprint density at radius 3 is 3.00 bits per heavy atom. The third-order valence-electron chi connectivity index (χ3n) is 6.70. The van der Waals surface area contributed by atoms with Crippen molar-refractivity contribution in [1.29, 1.82) is 0 Å². The molecule has 1 amide bonds. The lowest BCUT2D eigenvalue weighted by molar-refractivity contribution is -0.122. The van der Waals surface area contributed by atoms with Crippen LogP contribution in [0.2, 0.25) is 0 Å². The average Bonchev–Trinajstić information content (AvgIpc) is 3.48. The molecular weight excluding hydrogens is 392 g/mol. The van der Waals surface area contributed by atoms with Gasteiger partial charge in [0.15, 0.2) is 0 Å². The van der Waals surface area contributed by atoms with Gasteiger partial charge in [0.05, 0.1) is 24.8 Å². The molecular formula is C24H30N4O3. The molecule has 2 aliphatic rings. The minimum atomic E-state index is -0.138. The summed E-state index contributed by atoms with van der Waals surface area (Å²) in [4.78, 5) is 18.2. The summed E-state index contributed by atoms with van der Waals surface area (Å²) in [6.45, 7) is 5.88. The largest absolute Gasteiger partial charge is 0.395 e. The Morgan fingerprint density at radius 1 is 1.35 bits per heavy atom. The fourth-order valence-corrected chi connectivity index (χ4v) is 4.90. The average molecular weight is 423 g/mol. The second kappa shape index (κ2) is 7.80. The van der Waals surface area contributed by atoms with Crippen LogP contribution < -0.4 is 4.90 Å². The van der Waals surface area contributed by atoms with E-state index in [0.29, 0.717) is 18.6 Å². The van der Waals surface area contributed by atoms with Crippen molar-refractivity contribution < 1.29 is 14.6 Å². The van der Waals surface area contributed by atoms with Gasteiger partial charge in [-0.15, -0.1) is 0 Å². The molecule has 3 N–H and O–H groups in total. The quantitative estimate of drug-likeness (QED) is 0.587. The highest BCUT2D eigenvalue weighted by molar-refractivity contribution is 5.98. The maximum Gasteiger partial charge on any atom is 0.232 e. The summed E-state index contributed by atoms with van der Waals surface area (Å²) >= 11 is 0. The lowest BCUT2D eigenvalue weighted by Gasteiger charge is -2.28. The molecule has 3 heterocycles. The summed E-state index contributed by atoms with van der Waals surface area (Å²) < 4.78 is 5.39. The van der Waals surface area contributed by atoms with Gasteiger partial charge in [-0.1, -0.05) is 19.9 Å². The molecule has 0 radical (unpaired) electrons. The molecule has 7 heteroatoms. The van der Waals surface area contributed by atoms with Gasteiger partial charge in [0.25, 0.3) is 0 Å². The second-order valence-electron chi connectivity index (χ2n) is 9.60. The summed E-state index contributed by atoms with van der Waals surface area (Å²) in [6.07, 6.45) is 3.93. The summed E-state index contributed by atoms with van der Waals surface area (Å²) in [5.74, 6) is -0.122. The van der Waals surface area contributed by atoms with E-state index in [-0.39, 0.29) is 25.0 Å². The van der Waals surface area contributed by atoms with Crippen molar-refractivity contribution in [2.45, 2.75) is 39.5 Å². The summed E-state index contributed by atoms with van der Waals surface area (Å²) in [6, 6.07) is 8.09. The Labute approximate surface area is 181 Å². The molecule has 1 aliphatic carbocycles. The molecule has 1 saturated heterocycles. The number of aliphatic hydroxyl groups excluding tert-OH is 1. The van der Waals surface area contributed by atoms with Gasteiger partial charge >= 0.3 is 0 Å². The molecule has 0 saturated carbocycles. The predicted molar refractivity (Wildman–Crippen MR) is 120 cm³/mol. The number of amides is 1. The van der Waals surface area contributed by atoms with E-state index in [1.165, 1.54) is 11.3 Å². The minimum Gasteiger partial charge on any atom is -0.395 e. The molecule has 1 aliphatic heterocycles. The first-order valence-electron chi connectivity index (χ1n) is 11.1. The number of carbonyl (C=O) groups is 1. The van der Waals surface area contributed by atoms with Gasteiger partial charge in [-0.05, 0) is 49.3 Å². The van der Waals surface area contributed by atoms with Crippen LogP contribution in [0.4, 0.5) is 5.69 Å². The Balaban J connectivity index is 1.46. The van der Waals surface area contributed by atoms with Crippen molar-refractivity contribution >= 4 is 22.5 Å². The number of aromatic nitrogens is 3. The number of benzene rings is 1. The minimum absolute atomic E-state index is 0.0154. The summed E-state index contributed by atoms with van der Waals surface area (Å²) in [7, 11) is 0. The monoisotopic (exact) mass is 422 g/mol. The van der Waals surface area contributed by atoms with Crippen molar-refractivity contribution in [3.8, 4) is 11.4 Å². The number of carbonyl (C=O) groups excluding carboxylic acids is 1. The molecule has 1 fully saturated rings. The lowest BCUT2D eigenvalue weighted by Crippen LogP contribution is -2.38. The number of aliphatic hydroxyl groups is 1. The van der Waals surface area contributed by atoms with E-state index in [1.807, 2.05) is 18.2 Å². The first-order chi connectivity index (χ1) is 14.9. The van der Waals surface area contributed by atoms with Gasteiger partial charge in [-0.25, -0.2) is 0 Å². The summed E-state index contributed by atoms with van der Waals surface area (Å²) in [5.41, 5.74) is 6.59. The number of fused-ring (bicyclic) bond motifs is 2. The van der Waals surface area contributed by atoms with E-state index in [1.54, 1.807) is 4.90 Å². The van der Waals surface area contributed by atoms with E-state index in [2.05, 4.69) is 35.1 Å². The molecule has 5 rings (SSSR count). The highest BCUT2D eigenvalue weighted by atomic mass is 16.5. The third-order valence-corrected chi connectivity index (χ3v) is 6.70. The Kier molecular flexibility index (Phi) is 5.10. The van der Waals surface area contributed by atoms with E-state index in [4.69, 9.17) is 4.74 Å². The smallest absolute Gasteiger partial charge is 0.232 e. The number of ether oxygens (including phenoxy) is 1. The van der Waals surface area contributed by atoms with Gasteiger partial charge < -0.3 is 19.7 Å². The van der Waals surface area contributed by atoms with E-state index < -0.39 is 0 Å². The van der Waals surface area contributed by atoms with Crippen LogP contribution in [0.5, 0.6) is 0 Å². The van der Waals surface area contributed by atoms with Crippen molar-refractivity contribution in [2.75, 3.05) is 31.3 Å². The Morgan fingerprint density at radius 2 is 2.23 bits per heavy atom. The zero-order valence-corrected chi connectivity index (χ0v) is 18.2. The number of nitrogens with one attached hydrogen (secondary N) is 2. The maximum absolute atomic E-state index is 13.0. The van der Waals surface area contributed by atoms with Crippen molar-refractivity contribution in [3.05, 3.63) is 35.5 Å². The first-order valence-corrected chi connectivity index (χ1v) is 11.1. The van der Waals surface area contributed by atoms with Gasteiger partial charge in [0.1, 0.15) is 5.69 Å². The zero-order chi connectivity index (χ0) is 21.6. The third kappa shape index (κ3) is 3.77. The second-order valence-corrected chi connectivity index (χ2v) is 9.60. The fraction of sp³-hybridized carbons (Fsp3) is 0.500. The number of H-pyrrole nitrogens is 2. The Bertz CT molecular complexity index is 1110. The standard InChI is InChI=1S/C24H30N4O3/c1-24(2)7-5-18-21(13-24)26-27-22(18)20-11-15-3-4-17(12-19(15)25-20)28(8-9-29)23(30)16-6-10-31-14-16/h3-4,11-12,16,25,29H,5-10,13-14H2,1-2H3,(H,26,27). The van der Waals surface area contributed by atoms with Crippen LogP contribution in [0, 0.1) is 11.3 Å². The molecule has 0 bridgehead atoms. The number of anilines is 1. The molecule has 3 aromatic rings. The van der Waals surface area contributed by atoms with Crippen LogP contribution in [0.15, 0.2) is 24.3 Å². The van der Waals surface area contributed by atoms with Gasteiger partial charge in [0, 0.05) is 41.0 Å². The van der Waals surface area contributed by atoms with Crippen molar-refractivity contribution in [3.63, 3.8) is 0 Å². The van der Waals surface area contributed by atoms with E-state index in [0.717, 1.165) is 53.7 Å². The molecule has 1 atom stereocenters. The van der Waals surface area contributed by atoms with Crippen molar-refractivity contribution in [2.24, 2.45) is 11.3 Å². The molecule has 31 heavy (non-hydrogen) atoms. The van der Waals surface area contributed by atoms with Gasteiger partial charge in [-0.3, -0.25) is 9.89 Å². The van der Waals surface area contributed by atoms with Gasteiger partial charge in [-0.2, -0.15) is 5.10 Å². The fourth-order valence-electron chi connectivity index (χ4n) is 4.90.